The number of hydrogen-bond donors (Lipinski definition) is 3. The van der Waals surface area contributed by atoms with E-state index in [9.17, 15) is 13.2 Å². The molecule has 156 valence electrons. The number of ether oxygens (including phenoxy) is 1. The molecule has 0 bridgehead atoms. The quantitative estimate of drug-likeness (QED) is 0.496. The average molecular weight is 420 g/mol. The van der Waals surface area contributed by atoms with Gasteiger partial charge in [-0.05, 0) is 50.6 Å². The molecular formula is C19H24N4O5S. The topological polar surface area (TPSA) is 121 Å². The molecule has 0 saturated heterocycles. The molecule has 10 heteroatoms. The summed E-state index contributed by atoms with van der Waals surface area (Å²) in [6.07, 6.45) is 0. The minimum atomic E-state index is -3.93. The molecule has 0 fully saturated rings. The first kappa shape index (κ1) is 21.0. The number of carbonyl (C=O) groups excluding carboxylic acids is 1. The van der Waals surface area contributed by atoms with E-state index in [2.05, 4.69) is 10.3 Å². The van der Waals surface area contributed by atoms with Crippen LogP contribution in [0.1, 0.15) is 23.9 Å². The van der Waals surface area contributed by atoms with E-state index < -0.39 is 22.0 Å². The number of fused-ring (bicyclic) bond motifs is 1. The highest BCUT2D eigenvalue weighted by molar-refractivity contribution is 7.89. The summed E-state index contributed by atoms with van der Waals surface area (Å²) in [5.41, 5.74) is 4.69. The number of sulfonamides is 1. The standard InChI is InChI=1S/C19H24N4O5S/c1-12-8-15(9-13(2)21-12)11-28-16-4-5-18-17(10-16)20-6-7-23(29(18,26)27)14(3)19(24)22-25/h4-5,8-10,14,20,25H,6-7,11H2,1-3H3,(H,22,24)/t14-/m1/s1. The summed E-state index contributed by atoms with van der Waals surface area (Å²) in [6, 6.07) is 7.49. The van der Waals surface area contributed by atoms with Gasteiger partial charge in [-0.15, -0.1) is 0 Å². The second-order valence-corrected chi connectivity index (χ2v) is 8.76. The first-order chi connectivity index (χ1) is 13.7. The van der Waals surface area contributed by atoms with Crippen molar-refractivity contribution in [3.8, 4) is 5.75 Å². The van der Waals surface area contributed by atoms with Crippen LogP contribution in [0.3, 0.4) is 0 Å². The minimum absolute atomic E-state index is 0.0514. The number of aryl methyl sites for hydroxylation is 2. The normalized spacial score (nSPS) is 16.8. The molecule has 2 heterocycles. The smallest absolute Gasteiger partial charge is 0.261 e. The molecule has 9 nitrogen and oxygen atoms in total. The van der Waals surface area contributed by atoms with Gasteiger partial charge >= 0.3 is 0 Å². The molecule has 3 N–H and O–H groups in total. The number of benzene rings is 1. The molecule has 29 heavy (non-hydrogen) atoms. The Hall–Kier alpha value is -2.69. The zero-order valence-electron chi connectivity index (χ0n) is 16.5. The Labute approximate surface area is 169 Å². The van der Waals surface area contributed by atoms with E-state index in [0.717, 1.165) is 21.3 Å². The Kier molecular flexibility index (Phi) is 6.06. The van der Waals surface area contributed by atoms with Crippen molar-refractivity contribution in [2.75, 3.05) is 18.4 Å². The highest BCUT2D eigenvalue weighted by Crippen LogP contribution is 2.32. The number of nitrogens with zero attached hydrogens (tertiary/aromatic N) is 2. The van der Waals surface area contributed by atoms with Crippen molar-refractivity contribution in [3.63, 3.8) is 0 Å². The Morgan fingerprint density at radius 3 is 2.66 bits per heavy atom. The van der Waals surface area contributed by atoms with Gasteiger partial charge in [0.05, 0.1) is 5.69 Å². The van der Waals surface area contributed by atoms with Crippen LogP contribution in [0.15, 0.2) is 35.2 Å². The van der Waals surface area contributed by atoms with Gasteiger partial charge in [-0.25, -0.2) is 13.9 Å². The summed E-state index contributed by atoms with van der Waals surface area (Å²) in [7, 11) is -3.93. The second-order valence-electron chi connectivity index (χ2n) is 6.90. The van der Waals surface area contributed by atoms with Crippen LogP contribution in [0.2, 0.25) is 0 Å². The van der Waals surface area contributed by atoms with E-state index in [1.165, 1.54) is 18.5 Å². The SMILES string of the molecule is Cc1cc(COc2ccc3c(c2)NCCN([C@H](C)C(=O)NO)S3(=O)=O)cc(C)n1. The van der Waals surface area contributed by atoms with Crippen LogP contribution in [-0.2, 0) is 21.4 Å². The molecule has 2 aromatic rings. The van der Waals surface area contributed by atoms with Crippen molar-refractivity contribution in [3.05, 3.63) is 47.3 Å². The predicted molar refractivity (Wildman–Crippen MR) is 106 cm³/mol. The van der Waals surface area contributed by atoms with E-state index in [4.69, 9.17) is 9.94 Å². The lowest BCUT2D eigenvalue weighted by molar-refractivity contribution is -0.132. The number of rotatable bonds is 5. The van der Waals surface area contributed by atoms with Gasteiger partial charge in [-0.1, -0.05) is 0 Å². The molecule has 0 radical (unpaired) electrons. The fraction of sp³-hybridized carbons (Fsp3) is 0.368. The zero-order chi connectivity index (χ0) is 21.2. The lowest BCUT2D eigenvalue weighted by atomic mass is 10.2. The number of carbonyl (C=O) groups is 1. The van der Waals surface area contributed by atoms with E-state index in [-0.39, 0.29) is 11.4 Å². The summed E-state index contributed by atoms with van der Waals surface area (Å²) in [4.78, 5) is 16.1. The van der Waals surface area contributed by atoms with Crippen LogP contribution < -0.4 is 15.5 Å². The lowest BCUT2D eigenvalue weighted by Crippen LogP contribution is -2.47. The Morgan fingerprint density at radius 1 is 1.31 bits per heavy atom. The number of hydrogen-bond acceptors (Lipinski definition) is 7. The van der Waals surface area contributed by atoms with Gasteiger partial charge in [0.15, 0.2) is 0 Å². The van der Waals surface area contributed by atoms with Crippen LogP contribution in [-0.4, -0.2) is 48.0 Å². The van der Waals surface area contributed by atoms with E-state index in [1.807, 2.05) is 26.0 Å². The Morgan fingerprint density at radius 2 is 2.00 bits per heavy atom. The van der Waals surface area contributed by atoms with Crippen molar-refractivity contribution >= 4 is 21.6 Å². The molecular weight excluding hydrogens is 396 g/mol. The number of amides is 1. The molecule has 0 unspecified atom stereocenters. The summed E-state index contributed by atoms with van der Waals surface area (Å²) < 4.78 is 32.9. The molecule has 3 rings (SSSR count). The van der Waals surface area contributed by atoms with Crippen LogP contribution in [0, 0.1) is 13.8 Å². The molecule has 0 aliphatic carbocycles. The maximum absolute atomic E-state index is 13.0. The Bertz CT molecular complexity index is 1010. The molecule has 1 aliphatic heterocycles. The van der Waals surface area contributed by atoms with Crippen LogP contribution >= 0.6 is 0 Å². The minimum Gasteiger partial charge on any atom is -0.489 e. The van der Waals surface area contributed by atoms with Crippen molar-refractivity contribution in [1.82, 2.24) is 14.8 Å². The van der Waals surface area contributed by atoms with Gasteiger partial charge in [0, 0.05) is 30.5 Å². The van der Waals surface area contributed by atoms with E-state index in [0.29, 0.717) is 24.6 Å². The van der Waals surface area contributed by atoms with Crippen LogP contribution in [0.4, 0.5) is 5.69 Å². The predicted octanol–water partition coefficient (Wildman–Crippen LogP) is 1.59. The number of pyridine rings is 1. The Balaban J connectivity index is 1.84. The average Bonchev–Trinajstić information content (AvgIpc) is 2.80. The lowest BCUT2D eigenvalue weighted by Gasteiger charge is -2.24. The van der Waals surface area contributed by atoms with Crippen molar-refractivity contribution in [2.45, 2.75) is 38.3 Å². The van der Waals surface area contributed by atoms with Gasteiger partial charge in [0.1, 0.15) is 23.3 Å². The van der Waals surface area contributed by atoms with Gasteiger partial charge in [-0.2, -0.15) is 4.31 Å². The molecule has 1 aromatic heterocycles. The zero-order valence-corrected chi connectivity index (χ0v) is 17.3. The number of hydroxylamine groups is 1. The fourth-order valence-electron chi connectivity index (χ4n) is 3.31. The molecule has 1 amide bonds. The third-order valence-electron chi connectivity index (χ3n) is 4.65. The van der Waals surface area contributed by atoms with Crippen LogP contribution in [0.25, 0.3) is 0 Å². The first-order valence-electron chi connectivity index (χ1n) is 9.13. The van der Waals surface area contributed by atoms with Crippen molar-refractivity contribution < 1.29 is 23.2 Å². The first-order valence-corrected chi connectivity index (χ1v) is 10.6. The third kappa shape index (κ3) is 4.50. The highest BCUT2D eigenvalue weighted by atomic mass is 32.2. The summed E-state index contributed by atoms with van der Waals surface area (Å²) >= 11 is 0. The largest absolute Gasteiger partial charge is 0.489 e. The van der Waals surface area contributed by atoms with Crippen molar-refractivity contribution in [2.24, 2.45) is 0 Å². The third-order valence-corrected chi connectivity index (χ3v) is 6.68. The number of aromatic nitrogens is 1. The number of nitrogens with one attached hydrogen (secondary N) is 2. The fourth-order valence-corrected chi connectivity index (χ4v) is 5.05. The number of anilines is 1. The maximum atomic E-state index is 13.0. The molecule has 1 aliphatic rings. The maximum Gasteiger partial charge on any atom is 0.261 e. The van der Waals surface area contributed by atoms with Crippen molar-refractivity contribution in [1.29, 1.82) is 0 Å². The van der Waals surface area contributed by atoms with Crippen LogP contribution in [0.5, 0.6) is 5.75 Å². The van der Waals surface area contributed by atoms with E-state index in [1.54, 1.807) is 12.1 Å². The molecule has 0 spiro atoms. The second kappa shape index (κ2) is 8.36. The molecule has 0 saturated carbocycles. The monoisotopic (exact) mass is 420 g/mol. The molecule has 1 aromatic carbocycles. The summed E-state index contributed by atoms with van der Waals surface area (Å²) in [5.74, 6) is -0.270. The van der Waals surface area contributed by atoms with Gasteiger partial charge in [0.25, 0.3) is 5.91 Å². The molecule has 1 atom stereocenters. The van der Waals surface area contributed by atoms with Gasteiger partial charge in [0.2, 0.25) is 10.0 Å². The summed E-state index contributed by atoms with van der Waals surface area (Å²) in [5, 5.41) is 11.9. The van der Waals surface area contributed by atoms with Gasteiger partial charge in [-0.3, -0.25) is 15.0 Å². The van der Waals surface area contributed by atoms with E-state index >= 15 is 0 Å². The van der Waals surface area contributed by atoms with Gasteiger partial charge < -0.3 is 10.1 Å². The highest BCUT2D eigenvalue weighted by Gasteiger charge is 2.36. The summed E-state index contributed by atoms with van der Waals surface area (Å²) in [6.45, 7) is 5.97.